The highest BCUT2D eigenvalue weighted by Gasteiger charge is 2.22. The van der Waals surface area contributed by atoms with Crippen LogP contribution in [0.4, 0.5) is 11.4 Å². The lowest BCUT2D eigenvalue weighted by Gasteiger charge is -2.22. The molecule has 0 aliphatic heterocycles. The van der Waals surface area contributed by atoms with Crippen molar-refractivity contribution in [3.05, 3.63) is 65.5 Å². The maximum Gasteiger partial charge on any atom is 0.234 e. The number of aromatic nitrogens is 3. The summed E-state index contributed by atoms with van der Waals surface area (Å²) in [5.74, 6) is 0.537. The number of hydrogen-bond acceptors (Lipinski definition) is 6. The Kier molecular flexibility index (Phi) is 7.57. The molecule has 8 nitrogen and oxygen atoms in total. The summed E-state index contributed by atoms with van der Waals surface area (Å²) in [5.41, 5.74) is 3.48. The van der Waals surface area contributed by atoms with Gasteiger partial charge in [-0.2, -0.15) is 0 Å². The zero-order chi connectivity index (χ0) is 23.3. The molecule has 2 aromatic carbocycles. The number of carbonyl (C=O) groups excluding carboxylic acids is 1. The number of carbonyl (C=O) groups is 1. The third-order valence-corrected chi connectivity index (χ3v) is 6.93. The van der Waals surface area contributed by atoms with Crippen LogP contribution in [0.1, 0.15) is 23.9 Å². The van der Waals surface area contributed by atoms with Crippen molar-refractivity contribution < 1.29 is 13.2 Å². The first-order valence-corrected chi connectivity index (χ1v) is 13.0. The van der Waals surface area contributed by atoms with Gasteiger partial charge in [0, 0.05) is 12.2 Å². The summed E-state index contributed by atoms with van der Waals surface area (Å²) in [4.78, 5) is 12.4. The van der Waals surface area contributed by atoms with Gasteiger partial charge in [-0.3, -0.25) is 9.10 Å². The van der Waals surface area contributed by atoms with E-state index in [1.165, 1.54) is 22.3 Å². The van der Waals surface area contributed by atoms with Gasteiger partial charge in [0.1, 0.15) is 0 Å². The normalized spacial score (nSPS) is 11.4. The number of anilines is 2. The molecule has 0 saturated heterocycles. The number of nitrogens with one attached hydrogen (secondary N) is 1. The molecule has 0 spiro atoms. The molecule has 1 amide bonds. The first-order chi connectivity index (χ1) is 15.2. The molecule has 0 aliphatic rings. The topological polar surface area (TPSA) is 97.2 Å². The monoisotopic (exact) mass is 473 g/mol. The van der Waals surface area contributed by atoms with Crippen LogP contribution in [0.25, 0.3) is 0 Å². The molecule has 0 saturated carbocycles. The molecule has 1 heterocycles. The van der Waals surface area contributed by atoms with E-state index in [1.807, 2.05) is 49.6 Å². The highest BCUT2D eigenvalue weighted by Crippen LogP contribution is 2.23. The fraction of sp³-hybridized carbons (Fsp3) is 0.318. The van der Waals surface area contributed by atoms with Crippen molar-refractivity contribution in [2.75, 3.05) is 21.6 Å². The van der Waals surface area contributed by atoms with Crippen LogP contribution in [0.3, 0.4) is 0 Å². The second kappa shape index (κ2) is 10.2. The van der Waals surface area contributed by atoms with Crippen molar-refractivity contribution in [2.45, 2.75) is 39.0 Å². The first kappa shape index (κ1) is 23.8. The summed E-state index contributed by atoms with van der Waals surface area (Å²) in [6, 6.07) is 14.7. The smallest absolute Gasteiger partial charge is 0.234 e. The summed E-state index contributed by atoms with van der Waals surface area (Å²) in [7, 11) is -3.52. The Hall–Kier alpha value is -2.85. The van der Waals surface area contributed by atoms with Gasteiger partial charge in [-0.25, -0.2) is 8.42 Å². The van der Waals surface area contributed by atoms with Crippen LogP contribution in [0.15, 0.2) is 53.7 Å². The van der Waals surface area contributed by atoms with E-state index < -0.39 is 10.0 Å². The number of rotatable bonds is 9. The Morgan fingerprint density at radius 2 is 1.84 bits per heavy atom. The van der Waals surface area contributed by atoms with E-state index in [9.17, 15) is 13.2 Å². The molecule has 32 heavy (non-hydrogen) atoms. The van der Waals surface area contributed by atoms with E-state index in [2.05, 4.69) is 15.5 Å². The Labute approximate surface area is 193 Å². The van der Waals surface area contributed by atoms with E-state index in [0.29, 0.717) is 23.2 Å². The Bertz CT molecular complexity index is 1190. The van der Waals surface area contributed by atoms with Gasteiger partial charge in [0.25, 0.3) is 0 Å². The predicted molar refractivity (Wildman–Crippen MR) is 128 cm³/mol. The number of nitrogens with zero attached hydrogens (tertiary/aromatic N) is 4. The molecular formula is C22H27N5O3S2. The first-order valence-electron chi connectivity index (χ1n) is 10.1. The van der Waals surface area contributed by atoms with Gasteiger partial charge in [-0.15, -0.1) is 10.2 Å². The molecule has 1 N–H and O–H groups in total. The quantitative estimate of drug-likeness (QED) is 0.477. The number of hydrogen-bond donors (Lipinski definition) is 1. The highest BCUT2D eigenvalue weighted by molar-refractivity contribution is 7.99. The molecule has 170 valence electrons. The molecule has 3 rings (SSSR count). The third-order valence-electron chi connectivity index (χ3n) is 4.83. The minimum absolute atomic E-state index is 0.0546. The number of para-hydroxylation sites is 1. The summed E-state index contributed by atoms with van der Waals surface area (Å²) < 4.78 is 27.9. The van der Waals surface area contributed by atoms with Crippen LogP contribution in [0.2, 0.25) is 0 Å². The average Bonchev–Trinajstić information content (AvgIpc) is 3.14. The van der Waals surface area contributed by atoms with Gasteiger partial charge in [-0.1, -0.05) is 47.7 Å². The molecule has 1 aromatic heterocycles. The predicted octanol–water partition coefficient (Wildman–Crippen LogP) is 3.61. The van der Waals surface area contributed by atoms with Gasteiger partial charge in [0.05, 0.1) is 24.2 Å². The van der Waals surface area contributed by atoms with E-state index in [4.69, 9.17) is 0 Å². The number of benzene rings is 2. The third kappa shape index (κ3) is 5.89. The molecule has 0 aliphatic carbocycles. The van der Waals surface area contributed by atoms with Crippen LogP contribution in [-0.2, 0) is 27.9 Å². The average molecular weight is 474 g/mol. The number of amides is 1. The zero-order valence-corrected chi connectivity index (χ0v) is 20.2. The fourth-order valence-electron chi connectivity index (χ4n) is 3.25. The van der Waals surface area contributed by atoms with Gasteiger partial charge in [0.2, 0.25) is 15.9 Å². The molecular weight excluding hydrogens is 446 g/mol. The lowest BCUT2D eigenvalue weighted by atomic mass is 10.1. The van der Waals surface area contributed by atoms with E-state index >= 15 is 0 Å². The molecule has 0 radical (unpaired) electrons. The molecule has 0 bridgehead atoms. The van der Waals surface area contributed by atoms with Crippen molar-refractivity contribution in [1.29, 1.82) is 0 Å². The summed E-state index contributed by atoms with van der Waals surface area (Å²) in [6.45, 7) is 6.50. The molecule has 0 fully saturated rings. The largest absolute Gasteiger partial charge is 0.325 e. The van der Waals surface area contributed by atoms with Crippen molar-refractivity contribution in [3.63, 3.8) is 0 Å². The second-order valence-electron chi connectivity index (χ2n) is 7.40. The summed E-state index contributed by atoms with van der Waals surface area (Å²) in [5, 5.41) is 11.9. The highest BCUT2D eigenvalue weighted by atomic mass is 32.2. The SMILES string of the molecule is CCn1c(CN(c2ccccc2)S(C)(=O)=O)nnc1SCC(=O)Nc1ccc(C)cc1C. The molecule has 10 heteroatoms. The van der Waals surface area contributed by atoms with E-state index in [-0.39, 0.29) is 18.2 Å². The van der Waals surface area contributed by atoms with Crippen molar-refractivity contribution >= 4 is 39.1 Å². The van der Waals surface area contributed by atoms with Crippen molar-refractivity contribution in [1.82, 2.24) is 14.8 Å². The van der Waals surface area contributed by atoms with E-state index in [1.54, 1.807) is 24.3 Å². The van der Waals surface area contributed by atoms with Crippen LogP contribution < -0.4 is 9.62 Å². The van der Waals surface area contributed by atoms with Crippen LogP contribution in [0.5, 0.6) is 0 Å². The molecule has 3 aromatic rings. The Balaban J connectivity index is 1.72. The summed E-state index contributed by atoms with van der Waals surface area (Å²) >= 11 is 1.27. The summed E-state index contributed by atoms with van der Waals surface area (Å²) in [6.07, 6.45) is 1.17. The van der Waals surface area contributed by atoms with Crippen molar-refractivity contribution in [2.24, 2.45) is 0 Å². The van der Waals surface area contributed by atoms with Gasteiger partial charge < -0.3 is 9.88 Å². The maximum absolute atomic E-state index is 12.4. The van der Waals surface area contributed by atoms with Crippen molar-refractivity contribution in [3.8, 4) is 0 Å². The van der Waals surface area contributed by atoms with Gasteiger partial charge in [0.15, 0.2) is 11.0 Å². The van der Waals surface area contributed by atoms with Gasteiger partial charge in [-0.05, 0) is 44.5 Å². The Morgan fingerprint density at radius 1 is 1.12 bits per heavy atom. The zero-order valence-electron chi connectivity index (χ0n) is 18.6. The van der Waals surface area contributed by atoms with Gasteiger partial charge >= 0.3 is 0 Å². The minimum Gasteiger partial charge on any atom is -0.325 e. The standard InChI is InChI=1S/C22H27N5O3S2/c1-5-26-20(14-27(32(4,29)30)18-9-7-6-8-10-18)24-25-22(26)31-15-21(28)23-19-12-11-16(2)13-17(19)3/h6-13H,5,14-15H2,1-4H3,(H,23,28). The number of thioether (sulfide) groups is 1. The lowest BCUT2D eigenvalue weighted by Crippen LogP contribution is -2.30. The van der Waals surface area contributed by atoms with Crippen LogP contribution in [0, 0.1) is 13.8 Å². The number of sulfonamides is 1. The van der Waals surface area contributed by atoms with E-state index in [0.717, 1.165) is 16.8 Å². The molecule has 0 unspecified atom stereocenters. The molecule has 0 atom stereocenters. The maximum atomic E-state index is 12.4. The minimum atomic E-state index is -3.52. The number of aryl methyl sites for hydroxylation is 2. The van der Waals surface area contributed by atoms with Crippen LogP contribution >= 0.6 is 11.8 Å². The lowest BCUT2D eigenvalue weighted by molar-refractivity contribution is -0.113. The fourth-order valence-corrected chi connectivity index (χ4v) is 4.93. The Morgan fingerprint density at radius 3 is 2.47 bits per heavy atom. The second-order valence-corrected chi connectivity index (χ2v) is 10.3. The van der Waals surface area contributed by atoms with Crippen LogP contribution in [-0.4, -0.2) is 41.1 Å².